The number of aliphatic imine (C=N–C) groups is 1. The van der Waals surface area contributed by atoms with E-state index in [9.17, 15) is 0 Å². The molecule has 1 saturated carbocycles. The predicted molar refractivity (Wildman–Crippen MR) is 52.7 cm³/mol. The Hall–Kier alpha value is -0.330. The average molecular weight is 165 g/mol. The molecule has 0 saturated heterocycles. The average Bonchev–Trinajstić information content (AvgIpc) is 2.21. The first-order valence-electron chi connectivity index (χ1n) is 5.48. The quantitative estimate of drug-likeness (QED) is 0.566. The summed E-state index contributed by atoms with van der Waals surface area (Å²) in [5.74, 6) is 0.940. The van der Waals surface area contributed by atoms with E-state index >= 15 is 0 Å². The summed E-state index contributed by atoms with van der Waals surface area (Å²) < 4.78 is 0. The van der Waals surface area contributed by atoms with Gasteiger partial charge < -0.3 is 0 Å². The fraction of sp³-hybridized carbons (Fsp3) is 0.909. The maximum atomic E-state index is 4.63. The van der Waals surface area contributed by atoms with Gasteiger partial charge in [-0.05, 0) is 44.2 Å². The minimum atomic E-state index is 0.707. The van der Waals surface area contributed by atoms with E-state index in [2.05, 4.69) is 11.2 Å². The van der Waals surface area contributed by atoms with E-state index in [1.54, 1.807) is 0 Å². The van der Waals surface area contributed by atoms with E-state index in [0.717, 1.165) is 5.92 Å². The third-order valence-corrected chi connectivity index (χ3v) is 3.32. The number of hydrogen-bond acceptors (Lipinski definition) is 1. The van der Waals surface area contributed by atoms with Gasteiger partial charge in [0.15, 0.2) is 0 Å². The van der Waals surface area contributed by atoms with E-state index in [4.69, 9.17) is 0 Å². The van der Waals surface area contributed by atoms with Gasteiger partial charge in [0.1, 0.15) is 0 Å². The molecule has 0 bridgehead atoms. The fourth-order valence-electron chi connectivity index (χ4n) is 2.58. The normalized spacial score (nSPS) is 32.2. The van der Waals surface area contributed by atoms with Crippen LogP contribution in [0.25, 0.3) is 0 Å². The smallest absolute Gasteiger partial charge is 0.0524 e. The summed E-state index contributed by atoms with van der Waals surface area (Å²) in [5, 5.41) is 0. The summed E-state index contributed by atoms with van der Waals surface area (Å²) >= 11 is 0. The molecule has 0 N–H and O–H groups in total. The summed E-state index contributed by atoms with van der Waals surface area (Å²) in [5.41, 5.74) is 0. The summed E-state index contributed by atoms with van der Waals surface area (Å²) in [6.07, 6.45) is 13.4. The lowest BCUT2D eigenvalue weighted by atomic mass is 9.82. The second-order valence-electron chi connectivity index (χ2n) is 4.23. The molecular weight excluding hydrogens is 146 g/mol. The van der Waals surface area contributed by atoms with Crippen LogP contribution in [0.5, 0.6) is 0 Å². The Morgan fingerprint density at radius 1 is 0.917 bits per heavy atom. The summed E-state index contributed by atoms with van der Waals surface area (Å²) in [6.45, 7) is 0. The van der Waals surface area contributed by atoms with Gasteiger partial charge in [-0.3, -0.25) is 4.99 Å². The number of nitrogens with zero attached hydrogens (tertiary/aromatic N) is 1. The van der Waals surface area contributed by atoms with E-state index in [0.29, 0.717) is 6.04 Å². The van der Waals surface area contributed by atoms with Crippen molar-refractivity contribution in [3.8, 4) is 0 Å². The molecule has 0 radical (unpaired) electrons. The van der Waals surface area contributed by atoms with E-state index in [1.807, 2.05) is 0 Å². The molecule has 1 atom stereocenters. The third-order valence-electron chi connectivity index (χ3n) is 3.32. The third kappa shape index (κ3) is 1.88. The Labute approximate surface area is 75.3 Å². The van der Waals surface area contributed by atoms with Crippen molar-refractivity contribution in [2.24, 2.45) is 10.9 Å². The SMILES string of the molecule is C1=NC(C2CCCCC2)CCC1. The number of rotatable bonds is 1. The molecule has 1 unspecified atom stereocenters. The van der Waals surface area contributed by atoms with Crippen LogP contribution in [0.1, 0.15) is 51.4 Å². The van der Waals surface area contributed by atoms with Crippen LogP contribution in [0.3, 0.4) is 0 Å². The van der Waals surface area contributed by atoms with Crippen LogP contribution in [0, 0.1) is 5.92 Å². The molecule has 0 aromatic rings. The highest BCUT2D eigenvalue weighted by molar-refractivity contribution is 5.58. The zero-order valence-corrected chi connectivity index (χ0v) is 7.84. The van der Waals surface area contributed by atoms with Crippen molar-refractivity contribution >= 4 is 6.21 Å². The lowest BCUT2D eigenvalue weighted by molar-refractivity contribution is 0.290. The van der Waals surface area contributed by atoms with Crippen molar-refractivity contribution in [3.63, 3.8) is 0 Å². The van der Waals surface area contributed by atoms with Crippen LogP contribution in [-0.4, -0.2) is 12.3 Å². The van der Waals surface area contributed by atoms with Crippen molar-refractivity contribution in [1.29, 1.82) is 0 Å². The van der Waals surface area contributed by atoms with Gasteiger partial charge in [-0.15, -0.1) is 0 Å². The lowest BCUT2D eigenvalue weighted by Gasteiger charge is -2.29. The van der Waals surface area contributed by atoms with Crippen molar-refractivity contribution in [2.75, 3.05) is 0 Å². The first kappa shape index (κ1) is 8.28. The van der Waals surface area contributed by atoms with E-state index < -0.39 is 0 Å². The Morgan fingerprint density at radius 2 is 1.75 bits per heavy atom. The highest BCUT2D eigenvalue weighted by Crippen LogP contribution is 2.31. The van der Waals surface area contributed by atoms with Crippen molar-refractivity contribution in [2.45, 2.75) is 57.4 Å². The molecule has 0 spiro atoms. The zero-order chi connectivity index (χ0) is 8.23. The van der Waals surface area contributed by atoms with Gasteiger partial charge in [0, 0.05) is 0 Å². The second kappa shape index (κ2) is 4.06. The van der Waals surface area contributed by atoms with Gasteiger partial charge >= 0.3 is 0 Å². The standard InChI is InChI=1S/C11H19N/c1-2-6-10(7-3-1)11-8-4-5-9-12-11/h9-11H,1-8H2. The van der Waals surface area contributed by atoms with Gasteiger partial charge in [-0.2, -0.15) is 0 Å². The molecule has 1 aliphatic heterocycles. The topological polar surface area (TPSA) is 12.4 Å². The first-order valence-corrected chi connectivity index (χ1v) is 5.48. The Morgan fingerprint density at radius 3 is 2.42 bits per heavy atom. The maximum Gasteiger partial charge on any atom is 0.0524 e. The molecule has 0 aromatic heterocycles. The fourth-order valence-corrected chi connectivity index (χ4v) is 2.58. The summed E-state index contributed by atoms with van der Waals surface area (Å²) in [4.78, 5) is 4.63. The maximum absolute atomic E-state index is 4.63. The van der Waals surface area contributed by atoms with Crippen molar-refractivity contribution in [1.82, 2.24) is 0 Å². The highest BCUT2D eigenvalue weighted by atomic mass is 14.8. The van der Waals surface area contributed by atoms with Gasteiger partial charge in [0.05, 0.1) is 6.04 Å². The Balaban J connectivity index is 1.88. The van der Waals surface area contributed by atoms with Crippen LogP contribution >= 0.6 is 0 Å². The monoisotopic (exact) mass is 165 g/mol. The molecule has 1 nitrogen and oxygen atoms in total. The molecule has 1 heteroatoms. The summed E-state index contributed by atoms with van der Waals surface area (Å²) in [6, 6.07) is 0.707. The molecule has 1 fully saturated rings. The number of hydrogen-bond donors (Lipinski definition) is 0. The molecule has 68 valence electrons. The predicted octanol–water partition coefficient (Wildman–Crippen LogP) is 3.19. The molecule has 0 aromatic carbocycles. The second-order valence-corrected chi connectivity index (χ2v) is 4.23. The molecule has 1 aliphatic carbocycles. The largest absolute Gasteiger partial charge is 0.294 e. The van der Waals surface area contributed by atoms with Crippen LogP contribution in [0.2, 0.25) is 0 Å². The molecule has 1 heterocycles. The zero-order valence-electron chi connectivity index (χ0n) is 7.84. The van der Waals surface area contributed by atoms with Crippen LogP contribution in [0.4, 0.5) is 0 Å². The molecule has 2 aliphatic rings. The Bertz CT molecular complexity index is 156. The van der Waals surface area contributed by atoms with Gasteiger partial charge in [-0.25, -0.2) is 0 Å². The highest BCUT2D eigenvalue weighted by Gasteiger charge is 2.23. The van der Waals surface area contributed by atoms with Crippen LogP contribution < -0.4 is 0 Å². The van der Waals surface area contributed by atoms with Crippen LogP contribution in [0.15, 0.2) is 4.99 Å². The minimum absolute atomic E-state index is 0.707. The molecule has 2 rings (SSSR count). The summed E-state index contributed by atoms with van der Waals surface area (Å²) in [7, 11) is 0. The van der Waals surface area contributed by atoms with E-state index in [-0.39, 0.29) is 0 Å². The first-order chi connectivity index (χ1) is 5.97. The van der Waals surface area contributed by atoms with Crippen LogP contribution in [-0.2, 0) is 0 Å². The van der Waals surface area contributed by atoms with Crippen molar-refractivity contribution < 1.29 is 0 Å². The van der Waals surface area contributed by atoms with Gasteiger partial charge in [0.25, 0.3) is 0 Å². The van der Waals surface area contributed by atoms with Crippen molar-refractivity contribution in [3.05, 3.63) is 0 Å². The molecule has 0 amide bonds. The van der Waals surface area contributed by atoms with E-state index in [1.165, 1.54) is 51.4 Å². The molecular formula is C11H19N. The van der Waals surface area contributed by atoms with Gasteiger partial charge in [-0.1, -0.05) is 19.3 Å². The Kier molecular flexibility index (Phi) is 2.80. The lowest BCUT2D eigenvalue weighted by Crippen LogP contribution is -2.23. The van der Waals surface area contributed by atoms with Gasteiger partial charge in [0.2, 0.25) is 0 Å². The molecule has 12 heavy (non-hydrogen) atoms. The minimum Gasteiger partial charge on any atom is -0.294 e.